The predicted octanol–water partition coefficient (Wildman–Crippen LogP) is 5.39. The molecule has 14 heteroatoms. The molecule has 1 fully saturated rings. The van der Waals surface area contributed by atoms with Crippen LogP contribution in [0.15, 0.2) is 65.2 Å². The number of nitro groups is 1. The Bertz CT molecular complexity index is 1780. The second-order valence-electron chi connectivity index (χ2n) is 10.2. The molecule has 1 aliphatic heterocycles. The number of hydrogen-bond acceptors (Lipinski definition) is 9. The smallest absolute Gasteiger partial charge is 0.294 e. The van der Waals surface area contributed by atoms with E-state index in [4.69, 9.17) is 20.9 Å². The number of para-hydroxylation sites is 1. The van der Waals surface area contributed by atoms with Crippen molar-refractivity contribution >= 4 is 52.1 Å². The quantitative estimate of drug-likeness (QED) is 0.192. The van der Waals surface area contributed by atoms with Crippen molar-refractivity contribution in [3.05, 3.63) is 92.7 Å². The molecule has 1 saturated heterocycles. The molecule has 4 aromatic rings. The van der Waals surface area contributed by atoms with Gasteiger partial charge in [-0.2, -0.15) is 0 Å². The van der Waals surface area contributed by atoms with Crippen molar-refractivity contribution in [2.45, 2.75) is 13.8 Å². The van der Waals surface area contributed by atoms with Crippen LogP contribution < -0.4 is 20.3 Å². The Morgan fingerprint density at radius 1 is 1.02 bits per heavy atom. The van der Waals surface area contributed by atoms with Crippen LogP contribution in [0.2, 0.25) is 5.02 Å². The van der Waals surface area contributed by atoms with Crippen LogP contribution in [0.5, 0.6) is 5.75 Å². The Morgan fingerprint density at radius 2 is 1.71 bits per heavy atom. The first kappa shape index (κ1) is 31.0. The summed E-state index contributed by atoms with van der Waals surface area (Å²) < 4.78 is 10.9. The van der Waals surface area contributed by atoms with Gasteiger partial charge in [-0.3, -0.25) is 24.5 Å². The van der Waals surface area contributed by atoms with E-state index >= 15 is 0 Å². The number of methoxy groups -OCH3 is 1. The molecule has 232 valence electrons. The third kappa shape index (κ3) is 6.58. The van der Waals surface area contributed by atoms with Crippen molar-refractivity contribution in [3.8, 4) is 17.0 Å². The van der Waals surface area contributed by atoms with E-state index in [1.54, 1.807) is 43.2 Å². The summed E-state index contributed by atoms with van der Waals surface area (Å²) in [5.74, 6) is -0.144. The SMILES string of the molecule is COc1ccccc1-c1noc(C)c1C(=O)N1CCN(c2cc(NC(=O)c3ccc(NC(C)=O)cc3)c([N+](=O)[O-])cc2Cl)CC1. The molecule has 0 radical (unpaired) electrons. The minimum Gasteiger partial charge on any atom is -0.496 e. The van der Waals surface area contributed by atoms with Crippen LogP contribution >= 0.6 is 11.6 Å². The average Bonchev–Trinajstić information content (AvgIpc) is 3.42. The number of carbonyl (C=O) groups excluding carboxylic acids is 3. The van der Waals surface area contributed by atoms with E-state index in [0.29, 0.717) is 65.9 Å². The average molecular weight is 633 g/mol. The topological polar surface area (TPSA) is 160 Å². The molecule has 0 aliphatic carbocycles. The van der Waals surface area contributed by atoms with Gasteiger partial charge in [-0.15, -0.1) is 0 Å². The van der Waals surface area contributed by atoms with E-state index in [0.717, 1.165) is 0 Å². The van der Waals surface area contributed by atoms with Crippen LogP contribution in [0.4, 0.5) is 22.7 Å². The van der Waals surface area contributed by atoms with Crippen LogP contribution in [0.3, 0.4) is 0 Å². The number of ether oxygens (including phenoxy) is 1. The summed E-state index contributed by atoms with van der Waals surface area (Å²) in [4.78, 5) is 52.7. The van der Waals surface area contributed by atoms with E-state index in [1.807, 2.05) is 17.0 Å². The molecule has 1 aliphatic rings. The monoisotopic (exact) mass is 632 g/mol. The maximum absolute atomic E-state index is 13.7. The minimum atomic E-state index is -0.623. The lowest BCUT2D eigenvalue weighted by Crippen LogP contribution is -2.49. The second kappa shape index (κ2) is 13.1. The first-order chi connectivity index (χ1) is 21.6. The van der Waals surface area contributed by atoms with Crippen LogP contribution in [0.25, 0.3) is 11.3 Å². The third-order valence-corrected chi connectivity index (χ3v) is 7.63. The van der Waals surface area contributed by atoms with Crippen molar-refractivity contribution in [1.82, 2.24) is 10.1 Å². The van der Waals surface area contributed by atoms with Gasteiger partial charge in [-0.1, -0.05) is 28.9 Å². The number of rotatable bonds is 8. The molecule has 5 rings (SSSR count). The summed E-state index contributed by atoms with van der Waals surface area (Å²) in [5, 5.41) is 21.3. The highest BCUT2D eigenvalue weighted by molar-refractivity contribution is 6.33. The van der Waals surface area contributed by atoms with Gasteiger partial charge in [0.25, 0.3) is 17.5 Å². The zero-order valence-electron chi connectivity index (χ0n) is 24.6. The highest BCUT2D eigenvalue weighted by atomic mass is 35.5. The van der Waals surface area contributed by atoms with Gasteiger partial charge in [-0.25, -0.2) is 0 Å². The maximum Gasteiger partial charge on any atom is 0.294 e. The number of aryl methyl sites for hydroxylation is 1. The van der Waals surface area contributed by atoms with Gasteiger partial charge in [0.2, 0.25) is 5.91 Å². The molecular formula is C31H29ClN6O7. The number of aromatic nitrogens is 1. The number of nitrogens with zero attached hydrogens (tertiary/aromatic N) is 4. The molecule has 3 amide bonds. The number of nitrogens with one attached hydrogen (secondary N) is 2. The Hall–Kier alpha value is -5.43. The lowest BCUT2D eigenvalue weighted by Gasteiger charge is -2.36. The molecule has 45 heavy (non-hydrogen) atoms. The zero-order chi connectivity index (χ0) is 32.2. The van der Waals surface area contributed by atoms with Crippen LogP contribution in [0.1, 0.15) is 33.4 Å². The first-order valence-electron chi connectivity index (χ1n) is 13.9. The van der Waals surface area contributed by atoms with Gasteiger partial charge in [0, 0.05) is 56.0 Å². The predicted molar refractivity (Wildman–Crippen MR) is 168 cm³/mol. The molecule has 0 atom stereocenters. The summed E-state index contributed by atoms with van der Waals surface area (Å²) in [6, 6.07) is 16.0. The summed E-state index contributed by atoms with van der Waals surface area (Å²) in [6.07, 6.45) is 0. The first-order valence-corrected chi connectivity index (χ1v) is 14.3. The minimum absolute atomic E-state index is 0.0320. The van der Waals surface area contributed by atoms with Crippen molar-refractivity contribution in [1.29, 1.82) is 0 Å². The molecule has 2 N–H and O–H groups in total. The van der Waals surface area contributed by atoms with Crippen molar-refractivity contribution < 1.29 is 28.6 Å². The summed E-state index contributed by atoms with van der Waals surface area (Å²) >= 11 is 6.50. The highest BCUT2D eigenvalue weighted by Gasteiger charge is 2.31. The molecule has 0 saturated carbocycles. The highest BCUT2D eigenvalue weighted by Crippen LogP contribution is 2.38. The van der Waals surface area contributed by atoms with E-state index in [-0.39, 0.29) is 33.8 Å². The fraction of sp³-hybridized carbons (Fsp3) is 0.226. The normalized spacial score (nSPS) is 12.9. The largest absolute Gasteiger partial charge is 0.496 e. The lowest BCUT2D eigenvalue weighted by atomic mass is 10.0. The van der Waals surface area contributed by atoms with Gasteiger partial charge in [0.1, 0.15) is 28.5 Å². The molecule has 0 bridgehead atoms. The van der Waals surface area contributed by atoms with E-state index in [9.17, 15) is 24.5 Å². The lowest BCUT2D eigenvalue weighted by molar-refractivity contribution is -0.383. The Labute approximate surface area is 262 Å². The molecule has 3 aromatic carbocycles. The Kier molecular flexibility index (Phi) is 9.00. The van der Waals surface area contributed by atoms with Gasteiger partial charge in [0.15, 0.2) is 0 Å². The fourth-order valence-corrected chi connectivity index (χ4v) is 5.38. The van der Waals surface area contributed by atoms with Crippen LogP contribution in [-0.2, 0) is 4.79 Å². The molecule has 0 unspecified atom stereocenters. The molecular weight excluding hydrogens is 604 g/mol. The molecule has 13 nitrogen and oxygen atoms in total. The standard InChI is InChI=1S/C31H29ClN6O7/c1-18-28(29(35-45-18)22-6-4-5-7-27(22)44-3)31(41)37-14-12-36(13-15-37)25-17-24(26(38(42)43)16-23(25)32)34-30(40)20-8-10-21(11-9-20)33-19(2)39/h4-11,16-17H,12-15H2,1-3H3,(H,33,39)(H,34,40). The summed E-state index contributed by atoms with van der Waals surface area (Å²) in [7, 11) is 1.54. The van der Waals surface area contributed by atoms with Gasteiger partial charge in [0.05, 0.1) is 22.7 Å². The van der Waals surface area contributed by atoms with E-state index in [2.05, 4.69) is 15.8 Å². The summed E-state index contributed by atoms with van der Waals surface area (Å²) in [5.41, 5.74) is 2.18. The number of benzene rings is 3. The van der Waals surface area contributed by atoms with Gasteiger partial charge >= 0.3 is 0 Å². The number of halogens is 1. The van der Waals surface area contributed by atoms with Crippen LogP contribution in [0, 0.1) is 17.0 Å². The molecule has 0 spiro atoms. The summed E-state index contributed by atoms with van der Waals surface area (Å²) in [6.45, 7) is 4.44. The zero-order valence-corrected chi connectivity index (χ0v) is 25.4. The van der Waals surface area contributed by atoms with E-state index in [1.165, 1.54) is 31.2 Å². The van der Waals surface area contributed by atoms with Crippen molar-refractivity contribution in [2.75, 3.05) is 48.8 Å². The van der Waals surface area contributed by atoms with E-state index < -0.39 is 10.8 Å². The number of carbonyl (C=O) groups is 3. The molecule has 2 heterocycles. The second-order valence-corrected chi connectivity index (χ2v) is 10.6. The van der Waals surface area contributed by atoms with Crippen molar-refractivity contribution in [2.24, 2.45) is 0 Å². The Morgan fingerprint density at radius 3 is 2.36 bits per heavy atom. The maximum atomic E-state index is 13.7. The number of nitro benzene ring substituents is 1. The van der Waals surface area contributed by atoms with Gasteiger partial charge < -0.3 is 29.7 Å². The molecule has 1 aromatic heterocycles. The third-order valence-electron chi connectivity index (χ3n) is 7.32. The number of amides is 3. The fourth-order valence-electron chi connectivity index (χ4n) is 5.10. The number of piperazine rings is 1. The number of hydrogen-bond donors (Lipinski definition) is 2. The van der Waals surface area contributed by atoms with Crippen LogP contribution in [-0.4, -0.2) is 66.0 Å². The van der Waals surface area contributed by atoms with Gasteiger partial charge in [-0.05, 0) is 49.4 Å². The van der Waals surface area contributed by atoms with Crippen molar-refractivity contribution in [3.63, 3.8) is 0 Å². The Balaban J connectivity index is 1.33. The number of anilines is 3.